The van der Waals surface area contributed by atoms with E-state index in [1.54, 1.807) is 48.7 Å². The first kappa shape index (κ1) is 39.7. The largest absolute Gasteiger partial charge is 0.497 e. The molecule has 6 rings (SSSR count). The maximum atomic E-state index is 12.8. The Morgan fingerprint density at radius 2 is 1.25 bits per heavy atom. The molecule has 0 spiro atoms. The number of anilines is 1. The quantitative estimate of drug-likeness (QED) is 0.0841. The summed E-state index contributed by atoms with van der Waals surface area (Å²) in [6, 6.07) is 20.7. The van der Waals surface area contributed by atoms with Crippen molar-refractivity contribution < 1.29 is 47.5 Å². The average molecular weight is 770 g/mol. The average Bonchev–Trinajstić information content (AvgIpc) is 3.74. The molecule has 0 aromatic heterocycles. The molecule has 4 aromatic carbocycles. The van der Waals surface area contributed by atoms with Gasteiger partial charge in [0.15, 0.2) is 40.6 Å². The van der Waals surface area contributed by atoms with Gasteiger partial charge >= 0.3 is 0 Å². The van der Waals surface area contributed by atoms with E-state index in [1.807, 2.05) is 60.7 Å². The third-order valence-electron chi connectivity index (χ3n) is 9.85. The number of carbonyl (C=O) groups excluding carboxylic acids is 1. The molecule has 4 aromatic rings. The number of amides is 1. The topological polar surface area (TPSA) is 137 Å². The molecule has 56 heavy (non-hydrogen) atoms. The van der Waals surface area contributed by atoms with Crippen LogP contribution >= 0.6 is 0 Å². The molecule has 13 nitrogen and oxygen atoms in total. The van der Waals surface area contributed by atoms with Crippen LogP contribution in [0.15, 0.2) is 71.9 Å². The molecule has 0 bridgehead atoms. The van der Waals surface area contributed by atoms with Gasteiger partial charge in [0.2, 0.25) is 5.75 Å². The van der Waals surface area contributed by atoms with Gasteiger partial charge in [0.05, 0.1) is 67.1 Å². The fourth-order valence-corrected chi connectivity index (χ4v) is 6.77. The number of nitrogens with zero attached hydrogens (tertiary/aromatic N) is 1. The Morgan fingerprint density at radius 3 is 1.91 bits per heavy atom. The van der Waals surface area contributed by atoms with Gasteiger partial charge in [0.1, 0.15) is 11.9 Å². The summed E-state index contributed by atoms with van der Waals surface area (Å²) in [4.78, 5) is 18.6. The van der Waals surface area contributed by atoms with E-state index in [2.05, 4.69) is 15.8 Å². The molecule has 2 unspecified atom stereocenters. The van der Waals surface area contributed by atoms with Crippen LogP contribution in [0, 0.1) is 0 Å². The molecule has 2 heterocycles. The van der Waals surface area contributed by atoms with Crippen molar-refractivity contribution in [1.82, 2.24) is 5.32 Å². The Hall–Kier alpha value is -5.98. The zero-order chi connectivity index (χ0) is 39.4. The number of carbonyl (C=O) groups is 1. The molecular formula is C43H51N3O10. The summed E-state index contributed by atoms with van der Waals surface area (Å²) in [6.07, 6.45) is 6.04. The number of hydrogen-bond acceptors (Lipinski definition) is 12. The second-order valence-electron chi connectivity index (χ2n) is 13.4. The van der Waals surface area contributed by atoms with Crippen molar-refractivity contribution in [1.29, 1.82) is 0 Å². The molecule has 298 valence electrons. The van der Waals surface area contributed by atoms with Crippen LogP contribution in [-0.4, -0.2) is 67.5 Å². The summed E-state index contributed by atoms with van der Waals surface area (Å²) in [5.74, 6) is 4.75. The van der Waals surface area contributed by atoms with E-state index in [0.717, 1.165) is 66.6 Å². The van der Waals surface area contributed by atoms with Gasteiger partial charge in [-0.2, -0.15) is 0 Å². The van der Waals surface area contributed by atoms with Crippen LogP contribution in [0.25, 0.3) is 0 Å². The van der Waals surface area contributed by atoms with Crippen molar-refractivity contribution >= 4 is 17.3 Å². The van der Waals surface area contributed by atoms with E-state index in [1.165, 1.54) is 0 Å². The van der Waals surface area contributed by atoms with E-state index in [0.29, 0.717) is 71.2 Å². The Bertz CT molecular complexity index is 1980. The second-order valence-corrected chi connectivity index (χ2v) is 13.4. The Labute approximate surface area is 328 Å². The highest BCUT2D eigenvalue weighted by atomic mass is 16.6. The third-order valence-corrected chi connectivity index (χ3v) is 9.85. The first-order valence-corrected chi connectivity index (χ1v) is 18.8. The Morgan fingerprint density at radius 1 is 0.607 bits per heavy atom. The van der Waals surface area contributed by atoms with E-state index in [-0.39, 0.29) is 12.0 Å². The molecule has 2 aliphatic rings. The minimum absolute atomic E-state index is 0.171. The number of methoxy groups -OCH3 is 6. The smallest absolute Gasteiger partial charge is 0.255 e. The predicted octanol–water partition coefficient (Wildman–Crippen LogP) is 8.26. The van der Waals surface area contributed by atoms with Gasteiger partial charge in [-0.1, -0.05) is 36.9 Å². The molecule has 0 radical (unpaired) electrons. The lowest BCUT2D eigenvalue weighted by molar-refractivity contribution is 0.0853. The maximum absolute atomic E-state index is 12.8. The van der Waals surface area contributed by atoms with E-state index in [4.69, 9.17) is 42.7 Å². The first-order valence-electron chi connectivity index (χ1n) is 18.8. The van der Waals surface area contributed by atoms with Gasteiger partial charge in [-0.15, -0.1) is 0 Å². The van der Waals surface area contributed by atoms with Crippen LogP contribution in [0.5, 0.6) is 46.0 Å². The lowest BCUT2D eigenvalue weighted by atomic mass is 9.99. The number of unbranched alkanes of at least 4 members (excludes halogenated alkanes) is 5. The summed E-state index contributed by atoms with van der Waals surface area (Å²) in [5, 5.41) is 10.8. The zero-order valence-electron chi connectivity index (χ0n) is 32.9. The van der Waals surface area contributed by atoms with Crippen LogP contribution in [-0.2, 0) is 4.84 Å². The zero-order valence-corrected chi connectivity index (χ0v) is 32.9. The summed E-state index contributed by atoms with van der Waals surface area (Å²) in [6.45, 7) is 1.17. The van der Waals surface area contributed by atoms with Crippen molar-refractivity contribution in [2.45, 2.75) is 57.2 Å². The van der Waals surface area contributed by atoms with Crippen LogP contribution in [0.2, 0.25) is 0 Å². The number of nitrogens with one attached hydrogen (secondary N) is 2. The number of oxime groups is 1. The summed E-state index contributed by atoms with van der Waals surface area (Å²) in [7, 11) is 9.59. The van der Waals surface area contributed by atoms with Crippen LogP contribution in [0.3, 0.4) is 0 Å². The standard InChI is InChI=1S/C43H51N3O10/c1-48-30-15-16-32-31(25-30)43(47)45-42(44-32)28-14-18-35(37(22-28)50-3)54-19-11-9-7-8-10-12-20-55-38-21-27(13-17-34(38)49-2)33-26-36(56-46-33)29-23-39(51-4)41(53-6)40(24-29)52-5/h13-18,21-25,36,42,44H,7-12,19-20,26H2,1-6H3,(H,45,47). The Kier molecular flexibility index (Phi) is 13.5. The summed E-state index contributed by atoms with van der Waals surface area (Å²) < 4.78 is 45.2. The van der Waals surface area contributed by atoms with Crippen molar-refractivity contribution in [3.8, 4) is 46.0 Å². The molecule has 2 atom stereocenters. The van der Waals surface area contributed by atoms with Gasteiger partial charge in [-0.3, -0.25) is 4.79 Å². The van der Waals surface area contributed by atoms with Gasteiger partial charge in [-0.25, -0.2) is 0 Å². The second kappa shape index (κ2) is 19.1. The lowest BCUT2D eigenvalue weighted by Crippen LogP contribution is -2.38. The fourth-order valence-electron chi connectivity index (χ4n) is 6.77. The minimum atomic E-state index is -0.401. The van der Waals surface area contributed by atoms with Gasteiger partial charge in [0, 0.05) is 23.2 Å². The van der Waals surface area contributed by atoms with E-state index >= 15 is 0 Å². The SMILES string of the molecule is COc1ccc2c(c1)C(=O)NC(c1ccc(OCCCCCCCCOc3cc(C4=NOC(c5cc(OC)c(OC)c(OC)c5)C4)ccc3OC)c(OC)c1)N2. The normalized spacial score (nSPS) is 15.7. The van der Waals surface area contributed by atoms with E-state index < -0.39 is 6.17 Å². The Balaban J connectivity index is 0.902. The minimum Gasteiger partial charge on any atom is -0.497 e. The molecule has 0 saturated carbocycles. The molecular weight excluding hydrogens is 718 g/mol. The first-order chi connectivity index (χ1) is 27.4. The highest BCUT2D eigenvalue weighted by molar-refractivity contribution is 6.02. The predicted molar refractivity (Wildman–Crippen MR) is 213 cm³/mol. The van der Waals surface area contributed by atoms with Crippen molar-refractivity contribution in [3.05, 3.63) is 89.0 Å². The molecule has 0 saturated heterocycles. The molecule has 0 fully saturated rings. The van der Waals surface area contributed by atoms with Gasteiger partial charge < -0.3 is 53.4 Å². The summed E-state index contributed by atoms with van der Waals surface area (Å²) >= 11 is 0. The highest BCUT2D eigenvalue weighted by Crippen LogP contribution is 2.43. The molecule has 1 amide bonds. The molecule has 2 aliphatic heterocycles. The number of rotatable bonds is 20. The van der Waals surface area contributed by atoms with Gasteiger partial charge in [-0.05, 0) is 79.1 Å². The molecule has 0 aliphatic carbocycles. The summed E-state index contributed by atoms with van der Waals surface area (Å²) in [5.41, 5.74) is 4.75. The van der Waals surface area contributed by atoms with Crippen LogP contribution in [0.1, 0.15) is 84.3 Å². The monoisotopic (exact) mass is 769 g/mol. The van der Waals surface area contributed by atoms with E-state index in [9.17, 15) is 4.79 Å². The lowest BCUT2D eigenvalue weighted by Gasteiger charge is -2.28. The number of fused-ring (bicyclic) bond motifs is 1. The third kappa shape index (κ3) is 9.27. The van der Waals surface area contributed by atoms with Crippen molar-refractivity contribution in [2.24, 2.45) is 5.16 Å². The van der Waals surface area contributed by atoms with Crippen molar-refractivity contribution in [3.63, 3.8) is 0 Å². The molecule has 2 N–H and O–H groups in total. The number of hydrogen-bond donors (Lipinski definition) is 2. The maximum Gasteiger partial charge on any atom is 0.255 e. The van der Waals surface area contributed by atoms with Crippen molar-refractivity contribution in [2.75, 3.05) is 61.2 Å². The number of benzene rings is 4. The highest BCUT2D eigenvalue weighted by Gasteiger charge is 2.28. The van der Waals surface area contributed by atoms with Crippen LogP contribution in [0.4, 0.5) is 5.69 Å². The van der Waals surface area contributed by atoms with Crippen LogP contribution < -0.4 is 48.5 Å². The molecule has 13 heteroatoms. The number of ether oxygens (including phenoxy) is 8. The van der Waals surface area contributed by atoms with Gasteiger partial charge in [0.25, 0.3) is 5.91 Å². The fraction of sp³-hybridized carbons (Fsp3) is 0.395.